The highest BCUT2D eigenvalue weighted by Crippen LogP contribution is 2.07. The van der Waals surface area contributed by atoms with Crippen molar-refractivity contribution >= 4 is 0 Å². The summed E-state index contributed by atoms with van der Waals surface area (Å²) >= 11 is 0. The molecule has 0 aliphatic rings. The molecule has 0 heterocycles. The van der Waals surface area contributed by atoms with Crippen molar-refractivity contribution in [1.82, 2.24) is 0 Å². The lowest BCUT2D eigenvalue weighted by Gasteiger charge is -2.29. The van der Waals surface area contributed by atoms with Gasteiger partial charge in [0.25, 0.3) is 0 Å². The third-order valence-electron chi connectivity index (χ3n) is 3.33. The highest BCUT2D eigenvalue weighted by atomic mass is 16.3. The molecular formula is C14H24NO4+. The largest absolute Gasteiger partial charge is 0.393 e. The fraction of sp³-hybridized carbons (Fsp3) is 0.571. The van der Waals surface area contributed by atoms with Crippen LogP contribution in [0.5, 0.6) is 0 Å². The average molecular weight is 270 g/mol. The Morgan fingerprint density at radius 3 is 1.84 bits per heavy atom. The Bertz CT molecular complexity index is 335. The molecule has 0 amide bonds. The van der Waals surface area contributed by atoms with E-state index < -0.39 is 12.2 Å². The van der Waals surface area contributed by atoms with Gasteiger partial charge in [0.2, 0.25) is 0 Å². The third kappa shape index (κ3) is 5.26. The second-order valence-electron chi connectivity index (χ2n) is 4.87. The van der Waals surface area contributed by atoms with E-state index >= 15 is 0 Å². The number of quaternary nitrogens is 1. The highest BCUT2D eigenvalue weighted by molar-refractivity contribution is 5.16. The molecular weight excluding hydrogens is 246 g/mol. The zero-order chi connectivity index (χ0) is 14.3. The number of rotatable bonds is 8. The van der Waals surface area contributed by atoms with Gasteiger partial charge >= 0.3 is 0 Å². The van der Waals surface area contributed by atoms with Gasteiger partial charge in [-0.2, -0.15) is 0 Å². The minimum absolute atomic E-state index is 0.0589. The molecule has 1 aromatic carbocycles. The molecule has 1 rings (SSSR count). The first kappa shape index (κ1) is 16.1. The number of aliphatic hydroxyl groups is 4. The van der Waals surface area contributed by atoms with E-state index in [1.807, 2.05) is 37.3 Å². The number of aliphatic hydroxyl groups excluding tert-OH is 4. The van der Waals surface area contributed by atoms with Crippen LogP contribution in [0.15, 0.2) is 30.3 Å². The smallest absolute Gasteiger partial charge is 0.126 e. The normalized spacial score (nSPS) is 17.7. The highest BCUT2D eigenvalue weighted by Gasteiger charge is 2.24. The first-order valence-electron chi connectivity index (χ1n) is 6.55. The Morgan fingerprint density at radius 2 is 1.42 bits per heavy atom. The fourth-order valence-corrected chi connectivity index (χ4v) is 2.15. The summed E-state index contributed by atoms with van der Waals surface area (Å²) in [6.45, 7) is 2.03. The number of benzene rings is 1. The second-order valence-corrected chi connectivity index (χ2v) is 4.87. The zero-order valence-electron chi connectivity index (χ0n) is 11.2. The number of hydrogen-bond donors (Lipinski definition) is 5. The lowest BCUT2D eigenvalue weighted by Crippen LogP contribution is -3.14. The Kier molecular flexibility index (Phi) is 6.97. The number of hydrogen-bond acceptors (Lipinski definition) is 4. The molecule has 1 aromatic rings. The molecule has 0 aliphatic heterocycles. The molecule has 0 spiro atoms. The van der Waals surface area contributed by atoms with Crippen LogP contribution < -0.4 is 4.90 Å². The first-order valence-corrected chi connectivity index (χ1v) is 6.55. The van der Waals surface area contributed by atoms with Crippen molar-refractivity contribution in [2.45, 2.75) is 25.2 Å². The Hall–Kier alpha value is -0.980. The van der Waals surface area contributed by atoms with E-state index in [1.165, 1.54) is 0 Å². The van der Waals surface area contributed by atoms with E-state index in [2.05, 4.69) is 0 Å². The summed E-state index contributed by atoms with van der Waals surface area (Å²) in [5.41, 5.74) is 1.09. The van der Waals surface area contributed by atoms with Crippen molar-refractivity contribution in [2.75, 3.05) is 26.3 Å². The van der Waals surface area contributed by atoms with Crippen LogP contribution >= 0.6 is 0 Å². The standard InChI is InChI=1S/C14H23NO4/c1-11(12-5-3-2-4-6-12)15(7-13(18)9-16)8-14(19)10-17/h2-6,11,13-14,16-19H,7-10H2,1H3/p+1/t11-,13-,14+/m0/s1. The van der Waals surface area contributed by atoms with Crippen LogP contribution in [0.2, 0.25) is 0 Å². The topological polar surface area (TPSA) is 85.4 Å². The van der Waals surface area contributed by atoms with Gasteiger partial charge in [-0.25, -0.2) is 0 Å². The summed E-state index contributed by atoms with van der Waals surface area (Å²) in [7, 11) is 0. The van der Waals surface area contributed by atoms with Crippen LogP contribution in [-0.2, 0) is 0 Å². The lowest BCUT2D eigenvalue weighted by atomic mass is 10.1. The summed E-state index contributed by atoms with van der Waals surface area (Å²) in [6.07, 6.45) is -1.65. The molecule has 0 bridgehead atoms. The molecule has 0 saturated heterocycles. The third-order valence-corrected chi connectivity index (χ3v) is 3.33. The van der Waals surface area contributed by atoms with Gasteiger partial charge in [0.15, 0.2) is 0 Å². The molecule has 0 aliphatic carbocycles. The van der Waals surface area contributed by atoms with Gasteiger partial charge in [-0.1, -0.05) is 30.3 Å². The number of nitrogens with one attached hydrogen (secondary N) is 1. The minimum atomic E-state index is -0.827. The maximum absolute atomic E-state index is 9.59. The molecule has 5 N–H and O–H groups in total. The second kappa shape index (κ2) is 8.24. The predicted octanol–water partition coefficient (Wildman–Crippen LogP) is -1.66. The van der Waals surface area contributed by atoms with Gasteiger partial charge in [0.1, 0.15) is 31.3 Å². The van der Waals surface area contributed by atoms with E-state index in [0.29, 0.717) is 13.1 Å². The van der Waals surface area contributed by atoms with Crippen molar-refractivity contribution in [3.05, 3.63) is 35.9 Å². The van der Waals surface area contributed by atoms with E-state index in [0.717, 1.165) is 10.5 Å². The van der Waals surface area contributed by atoms with Crippen molar-refractivity contribution in [2.24, 2.45) is 0 Å². The summed E-state index contributed by atoms with van der Waals surface area (Å²) in [4.78, 5) is 0.925. The Balaban J connectivity index is 2.76. The molecule has 4 atom stereocenters. The van der Waals surface area contributed by atoms with Crippen LogP contribution in [0.25, 0.3) is 0 Å². The van der Waals surface area contributed by atoms with E-state index in [-0.39, 0.29) is 19.3 Å². The fourth-order valence-electron chi connectivity index (χ4n) is 2.15. The van der Waals surface area contributed by atoms with Crippen LogP contribution in [0, 0.1) is 0 Å². The van der Waals surface area contributed by atoms with Gasteiger partial charge in [-0.05, 0) is 6.92 Å². The zero-order valence-corrected chi connectivity index (χ0v) is 11.2. The first-order chi connectivity index (χ1) is 9.08. The van der Waals surface area contributed by atoms with Crippen molar-refractivity contribution in [3.63, 3.8) is 0 Å². The SMILES string of the molecule is C[C@@H](c1ccccc1)[NH+](C[C@H](O)CO)C[C@@H](O)CO. The summed E-state index contributed by atoms with van der Waals surface area (Å²) in [5.74, 6) is 0. The van der Waals surface area contributed by atoms with Crippen LogP contribution in [0.1, 0.15) is 18.5 Å². The van der Waals surface area contributed by atoms with E-state index in [4.69, 9.17) is 10.2 Å². The minimum Gasteiger partial charge on any atom is -0.393 e. The van der Waals surface area contributed by atoms with Crippen LogP contribution in [-0.4, -0.2) is 58.9 Å². The van der Waals surface area contributed by atoms with Gasteiger partial charge < -0.3 is 25.3 Å². The molecule has 1 unspecified atom stereocenters. The average Bonchev–Trinajstić information content (AvgIpc) is 2.46. The van der Waals surface area contributed by atoms with Crippen molar-refractivity contribution in [3.8, 4) is 0 Å². The van der Waals surface area contributed by atoms with Gasteiger partial charge in [-0.3, -0.25) is 0 Å². The predicted molar refractivity (Wildman–Crippen MR) is 71.7 cm³/mol. The summed E-state index contributed by atoms with van der Waals surface area (Å²) in [6, 6.07) is 9.84. The van der Waals surface area contributed by atoms with Crippen LogP contribution in [0.3, 0.4) is 0 Å². The lowest BCUT2D eigenvalue weighted by molar-refractivity contribution is -0.935. The molecule has 108 valence electrons. The maximum atomic E-state index is 9.59. The van der Waals surface area contributed by atoms with Gasteiger partial charge in [0.05, 0.1) is 13.2 Å². The maximum Gasteiger partial charge on any atom is 0.126 e. The Labute approximate surface area is 113 Å². The van der Waals surface area contributed by atoms with Crippen molar-refractivity contribution in [1.29, 1.82) is 0 Å². The Morgan fingerprint density at radius 1 is 0.947 bits per heavy atom. The van der Waals surface area contributed by atoms with Gasteiger partial charge in [-0.15, -0.1) is 0 Å². The van der Waals surface area contributed by atoms with E-state index in [9.17, 15) is 10.2 Å². The monoisotopic (exact) mass is 270 g/mol. The molecule has 0 saturated carbocycles. The summed E-state index contributed by atoms with van der Waals surface area (Å²) in [5, 5.41) is 37.1. The van der Waals surface area contributed by atoms with E-state index in [1.54, 1.807) is 0 Å². The quantitative estimate of drug-likeness (QED) is 0.391. The molecule has 5 heteroatoms. The van der Waals surface area contributed by atoms with Crippen molar-refractivity contribution < 1.29 is 25.3 Å². The molecule has 0 fully saturated rings. The molecule has 19 heavy (non-hydrogen) atoms. The summed E-state index contributed by atoms with van der Waals surface area (Å²) < 4.78 is 0. The van der Waals surface area contributed by atoms with Gasteiger partial charge in [0, 0.05) is 5.56 Å². The van der Waals surface area contributed by atoms with Crippen LogP contribution in [0.4, 0.5) is 0 Å². The molecule has 5 nitrogen and oxygen atoms in total. The molecule has 0 aromatic heterocycles. The molecule has 0 radical (unpaired) electrons.